The summed E-state index contributed by atoms with van der Waals surface area (Å²) in [6, 6.07) is -0.672. The van der Waals surface area contributed by atoms with Gasteiger partial charge in [-0.2, -0.15) is 0 Å². The van der Waals surface area contributed by atoms with Crippen molar-refractivity contribution in [3.63, 3.8) is 0 Å². The van der Waals surface area contributed by atoms with E-state index in [9.17, 15) is 15.0 Å². The highest BCUT2D eigenvalue weighted by Gasteiger charge is 2.18. The van der Waals surface area contributed by atoms with Crippen LogP contribution in [0.5, 0.6) is 0 Å². The largest absolute Gasteiger partial charge is 0.394 e. The van der Waals surface area contributed by atoms with E-state index in [1.807, 2.05) is 6.08 Å². The molecule has 0 heterocycles. The van der Waals surface area contributed by atoms with Gasteiger partial charge in [0, 0.05) is 6.42 Å². The summed E-state index contributed by atoms with van der Waals surface area (Å²) in [5, 5.41) is 23.2. The van der Waals surface area contributed by atoms with Crippen LogP contribution in [0.4, 0.5) is 0 Å². The van der Waals surface area contributed by atoms with Crippen LogP contribution >= 0.6 is 0 Å². The molecule has 0 aromatic rings. The standard InChI is InChI=1S/C78H131NO3/c1-3-5-7-9-11-13-15-17-19-21-23-25-27-29-31-33-35-37-38-39-40-42-44-46-48-50-52-54-56-58-60-62-64-66-68-70-72-74-78(82)79-76(75-80)77(81)73-71-69-67-65-63-61-59-57-55-53-51-49-47-45-43-41-36-34-32-30-28-26-24-22-20-18-16-14-12-10-8-6-4-2/h5,7,11,13,17,19,23,25,29,31,35,37,39-40,44,46,50,52,56,58,62-65,71,73,76-77,80-81H,3-4,6,8-10,12,14-16,18,20-22,24,26-28,30,32-34,36,38,41-43,45,47-49,51,53-55,57,59-61,66-70,72,74-75H2,1-2H3,(H,79,82)/b7-5-,13-11-,19-17-,25-23-,31-29-,37-35-,40-39-,46-44-,52-50-,58-56-,64-62-,65-63+,73-71+. The molecule has 466 valence electrons. The zero-order chi connectivity index (χ0) is 59.1. The van der Waals surface area contributed by atoms with E-state index in [-0.39, 0.29) is 12.5 Å². The van der Waals surface area contributed by atoms with E-state index in [0.29, 0.717) is 6.42 Å². The van der Waals surface area contributed by atoms with Crippen LogP contribution in [0, 0.1) is 0 Å². The number of nitrogens with one attached hydrogen (secondary N) is 1. The van der Waals surface area contributed by atoms with E-state index in [1.165, 1.54) is 173 Å². The molecule has 2 unspecified atom stereocenters. The Labute approximate surface area is 509 Å². The van der Waals surface area contributed by atoms with Gasteiger partial charge in [0.2, 0.25) is 5.91 Å². The van der Waals surface area contributed by atoms with Crippen molar-refractivity contribution < 1.29 is 15.0 Å². The normalized spacial score (nSPS) is 13.8. The molecule has 0 saturated heterocycles. The summed E-state index contributed by atoms with van der Waals surface area (Å²) < 4.78 is 0. The number of hydrogen-bond acceptors (Lipinski definition) is 3. The molecule has 3 N–H and O–H groups in total. The summed E-state index contributed by atoms with van der Waals surface area (Å²) >= 11 is 0. The van der Waals surface area contributed by atoms with Crippen LogP contribution < -0.4 is 5.32 Å². The Morgan fingerprint density at radius 3 is 0.854 bits per heavy atom. The van der Waals surface area contributed by atoms with E-state index >= 15 is 0 Å². The second-order valence-electron chi connectivity index (χ2n) is 22.9. The van der Waals surface area contributed by atoms with Crippen LogP contribution in [0.15, 0.2) is 158 Å². The molecule has 0 bridgehead atoms. The van der Waals surface area contributed by atoms with Gasteiger partial charge in [-0.25, -0.2) is 0 Å². The average Bonchev–Trinajstić information content (AvgIpc) is 3.50. The Morgan fingerprint density at radius 1 is 0.305 bits per heavy atom. The number of aliphatic hydroxyl groups excluding tert-OH is 2. The lowest BCUT2D eigenvalue weighted by atomic mass is 10.0. The monoisotopic (exact) mass is 1130 g/mol. The quantitative estimate of drug-likeness (QED) is 0.0420. The van der Waals surface area contributed by atoms with Gasteiger partial charge < -0.3 is 15.5 Å². The zero-order valence-corrected chi connectivity index (χ0v) is 53.7. The summed E-state index contributed by atoms with van der Waals surface area (Å²) in [7, 11) is 0. The molecule has 0 aromatic carbocycles. The highest BCUT2D eigenvalue weighted by Crippen LogP contribution is 2.17. The molecule has 82 heavy (non-hydrogen) atoms. The minimum Gasteiger partial charge on any atom is -0.394 e. The predicted molar refractivity (Wildman–Crippen MR) is 368 cm³/mol. The lowest BCUT2D eigenvalue weighted by Gasteiger charge is -2.19. The van der Waals surface area contributed by atoms with E-state index in [1.54, 1.807) is 6.08 Å². The third-order valence-corrected chi connectivity index (χ3v) is 15.0. The van der Waals surface area contributed by atoms with Crippen molar-refractivity contribution in [1.82, 2.24) is 5.32 Å². The average molecular weight is 1130 g/mol. The van der Waals surface area contributed by atoms with Gasteiger partial charge >= 0.3 is 0 Å². The number of allylic oxidation sites excluding steroid dienone is 25. The van der Waals surface area contributed by atoms with Crippen LogP contribution in [0.2, 0.25) is 0 Å². The van der Waals surface area contributed by atoms with Crippen LogP contribution in [0.1, 0.15) is 309 Å². The van der Waals surface area contributed by atoms with E-state index in [4.69, 9.17) is 0 Å². The summed E-state index contributed by atoms with van der Waals surface area (Å²) in [5.41, 5.74) is 0. The number of rotatable bonds is 62. The Morgan fingerprint density at radius 2 is 0.549 bits per heavy atom. The number of carbonyl (C=O) groups excluding carboxylic acids is 1. The summed E-state index contributed by atoms with van der Waals surface area (Å²) in [6.07, 6.45) is 113. The SMILES string of the molecule is CC/C=C\C/C=C\C/C=C\C/C=C\C/C=C\C/C=C\C/C=C\C/C=C\C/C=C\C/C=C\C/C=C\CCCCCC(=O)NC(CO)C(O)/C=C/CC/C=C/CCCCCCCCCCCCCCCCCCCCCCCCCCCCC. The Kier molecular flexibility index (Phi) is 67.8. The van der Waals surface area contributed by atoms with Gasteiger partial charge in [0.05, 0.1) is 18.8 Å². The van der Waals surface area contributed by atoms with Gasteiger partial charge in [0.1, 0.15) is 0 Å². The summed E-state index contributed by atoms with van der Waals surface area (Å²) in [6.45, 7) is 4.18. The zero-order valence-electron chi connectivity index (χ0n) is 53.7. The number of carbonyl (C=O) groups is 1. The fourth-order valence-electron chi connectivity index (χ4n) is 9.79. The predicted octanol–water partition coefficient (Wildman–Crippen LogP) is 24.0. The number of aliphatic hydroxyl groups is 2. The third-order valence-electron chi connectivity index (χ3n) is 15.0. The number of unbranched alkanes of at least 4 members (excludes halogenated alkanes) is 31. The molecular weight excluding hydrogens is 999 g/mol. The molecule has 2 atom stereocenters. The molecule has 0 fully saturated rings. The van der Waals surface area contributed by atoms with Crippen LogP contribution in [0.3, 0.4) is 0 Å². The highest BCUT2D eigenvalue weighted by molar-refractivity contribution is 5.76. The molecule has 0 saturated carbocycles. The topological polar surface area (TPSA) is 69.6 Å². The van der Waals surface area contributed by atoms with Gasteiger partial charge in [-0.05, 0) is 116 Å². The van der Waals surface area contributed by atoms with Gasteiger partial charge in [0.25, 0.3) is 0 Å². The van der Waals surface area contributed by atoms with E-state index < -0.39 is 12.1 Å². The lowest BCUT2D eigenvalue weighted by molar-refractivity contribution is -0.123. The lowest BCUT2D eigenvalue weighted by Crippen LogP contribution is -2.45. The molecular formula is C78H131NO3. The molecule has 4 nitrogen and oxygen atoms in total. The van der Waals surface area contributed by atoms with E-state index in [2.05, 4.69) is 165 Å². The maximum atomic E-state index is 12.5. The Balaban J connectivity index is 3.65. The van der Waals surface area contributed by atoms with Crippen molar-refractivity contribution in [1.29, 1.82) is 0 Å². The fraction of sp³-hybridized carbons (Fsp3) is 0.654. The van der Waals surface area contributed by atoms with Gasteiger partial charge in [-0.3, -0.25) is 4.79 Å². The molecule has 0 aromatic heterocycles. The fourth-order valence-corrected chi connectivity index (χ4v) is 9.79. The molecule has 0 rings (SSSR count). The van der Waals surface area contributed by atoms with Crippen LogP contribution in [-0.2, 0) is 4.79 Å². The Hall–Kier alpha value is -3.99. The first-order valence-electron chi connectivity index (χ1n) is 34.7. The molecule has 0 aliphatic heterocycles. The van der Waals surface area contributed by atoms with Crippen LogP contribution in [-0.4, -0.2) is 34.9 Å². The summed E-state index contributed by atoms with van der Waals surface area (Å²) in [5.74, 6) is -0.109. The smallest absolute Gasteiger partial charge is 0.220 e. The van der Waals surface area contributed by atoms with Crippen molar-refractivity contribution in [2.24, 2.45) is 0 Å². The minimum atomic E-state index is -0.891. The maximum absolute atomic E-state index is 12.5. The van der Waals surface area contributed by atoms with Gasteiger partial charge in [-0.15, -0.1) is 0 Å². The first-order valence-corrected chi connectivity index (χ1v) is 34.7. The third kappa shape index (κ3) is 66.8. The maximum Gasteiger partial charge on any atom is 0.220 e. The van der Waals surface area contributed by atoms with Crippen molar-refractivity contribution in [2.45, 2.75) is 321 Å². The summed E-state index contributed by atoms with van der Waals surface area (Å²) in [4.78, 5) is 12.5. The van der Waals surface area contributed by atoms with Crippen molar-refractivity contribution in [2.75, 3.05) is 6.61 Å². The first-order chi connectivity index (χ1) is 40.7. The molecule has 0 aliphatic rings. The van der Waals surface area contributed by atoms with Gasteiger partial charge in [0.15, 0.2) is 0 Å². The Bertz CT molecular complexity index is 1710. The molecule has 0 spiro atoms. The van der Waals surface area contributed by atoms with Gasteiger partial charge in [-0.1, -0.05) is 345 Å². The second-order valence-corrected chi connectivity index (χ2v) is 22.9. The second kappa shape index (κ2) is 71.3. The first kappa shape index (κ1) is 78.0. The molecule has 0 aliphatic carbocycles. The van der Waals surface area contributed by atoms with Crippen molar-refractivity contribution >= 4 is 5.91 Å². The highest BCUT2D eigenvalue weighted by atomic mass is 16.3. The van der Waals surface area contributed by atoms with Crippen LogP contribution in [0.25, 0.3) is 0 Å². The van der Waals surface area contributed by atoms with Crippen molar-refractivity contribution in [3.05, 3.63) is 158 Å². The molecule has 4 heteroatoms. The molecule has 0 radical (unpaired) electrons. The minimum absolute atomic E-state index is 0.109. The van der Waals surface area contributed by atoms with E-state index in [0.717, 1.165) is 116 Å². The van der Waals surface area contributed by atoms with Crippen molar-refractivity contribution in [3.8, 4) is 0 Å². The number of hydrogen-bond donors (Lipinski definition) is 3. The molecule has 1 amide bonds. The number of amides is 1.